The summed E-state index contributed by atoms with van der Waals surface area (Å²) in [7, 11) is 0. The van der Waals surface area contributed by atoms with E-state index in [0.717, 1.165) is 10.8 Å². The SMILES string of the molecule is CCC(C#N)Sc1nncs1. The van der Waals surface area contributed by atoms with Crippen molar-refractivity contribution in [3.63, 3.8) is 0 Å². The first-order valence-electron chi connectivity index (χ1n) is 3.19. The smallest absolute Gasteiger partial charge is 0.175 e. The average molecular weight is 185 g/mol. The first-order valence-corrected chi connectivity index (χ1v) is 4.95. The highest BCUT2D eigenvalue weighted by Crippen LogP contribution is 2.25. The highest BCUT2D eigenvalue weighted by atomic mass is 32.2. The summed E-state index contributed by atoms with van der Waals surface area (Å²) in [5.41, 5.74) is 1.67. The number of nitriles is 1. The Morgan fingerprint density at radius 1 is 1.91 bits per heavy atom. The molecule has 0 fully saturated rings. The predicted molar refractivity (Wildman–Crippen MR) is 45.5 cm³/mol. The molecule has 0 radical (unpaired) electrons. The number of hydrogen-bond acceptors (Lipinski definition) is 5. The summed E-state index contributed by atoms with van der Waals surface area (Å²) >= 11 is 2.95. The first-order chi connectivity index (χ1) is 5.36. The highest BCUT2D eigenvalue weighted by Gasteiger charge is 2.07. The lowest BCUT2D eigenvalue weighted by Crippen LogP contribution is -1.94. The second-order valence-corrected chi connectivity index (χ2v) is 4.13. The van der Waals surface area contributed by atoms with Gasteiger partial charge < -0.3 is 0 Å². The zero-order valence-electron chi connectivity index (χ0n) is 6.02. The fourth-order valence-corrected chi connectivity index (χ4v) is 2.07. The summed E-state index contributed by atoms with van der Waals surface area (Å²) in [6, 6.07) is 2.19. The minimum Gasteiger partial charge on any atom is -0.197 e. The van der Waals surface area contributed by atoms with Gasteiger partial charge >= 0.3 is 0 Å². The van der Waals surface area contributed by atoms with Crippen LogP contribution in [-0.2, 0) is 0 Å². The molecule has 0 saturated carbocycles. The first kappa shape index (κ1) is 8.50. The zero-order valence-corrected chi connectivity index (χ0v) is 7.65. The van der Waals surface area contributed by atoms with Gasteiger partial charge in [0, 0.05) is 0 Å². The average Bonchev–Trinajstić information content (AvgIpc) is 2.52. The van der Waals surface area contributed by atoms with Gasteiger partial charge in [0.05, 0.1) is 11.3 Å². The van der Waals surface area contributed by atoms with Crippen molar-refractivity contribution in [3.05, 3.63) is 5.51 Å². The van der Waals surface area contributed by atoms with Crippen LogP contribution >= 0.6 is 23.1 Å². The number of rotatable bonds is 3. The van der Waals surface area contributed by atoms with E-state index in [9.17, 15) is 0 Å². The third-order valence-electron chi connectivity index (χ3n) is 1.10. The van der Waals surface area contributed by atoms with E-state index in [2.05, 4.69) is 16.3 Å². The van der Waals surface area contributed by atoms with Crippen LogP contribution in [-0.4, -0.2) is 15.4 Å². The van der Waals surface area contributed by atoms with Crippen LogP contribution < -0.4 is 0 Å². The van der Waals surface area contributed by atoms with Gasteiger partial charge in [-0.25, -0.2) is 0 Å². The maximum absolute atomic E-state index is 8.61. The lowest BCUT2D eigenvalue weighted by Gasteiger charge is -1.99. The summed E-state index contributed by atoms with van der Waals surface area (Å²) < 4.78 is 0.874. The minimum absolute atomic E-state index is 0.0166. The Morgan fingerprint density at radius 2 is 2.73 bits per heavy atom. The Bertz CT molecular complexity index is 239. The topological polar surface area (TPSA) is 49.6 Å². The Kier molecular flexibility index (Phi) is 3.33. The molecule has 1 aromatic rings. The van der Waals surface area contributed by atoms with Crippen molar-refractivity contribution >= 4 is 23.1 Å². The molecule has 0 aliphatic carbocycles. The fraction of sp³-hybridized carbons (Fsp3) is 0.500. The van der Waals surface area contributed by atoms with E-state index in [1.165, 1.54) is 23.1 Å². The second-order valence-electron chi connectivity index (χ2n) is 1.85. The highest BCUT2D eigenvalue weighted by molar-refractivity contribution is 8.01. The van der Waals surface area contributed by atoms with E-state index in [4.69, 9.17) is 5.26 Å². The number of thioether (sulfide) groups is 1. The molecule has 0 saturated heterocycles. The molecule has 0 aliphatic heterocycles. The molecule has 0 N–H and O–H groups in total. The van der Waals surface area contributed by atoms with Crippen molar-refractivity contribution in [1.82, 2.24) is 10.2 Å². The monoisotopic (exact) mass is 185 g/mol. The molecule has 1 aromatic heterocycles. The molecule has 58 valence electrons. The Labute approximate surface area is 73.5 Å². The fourth-order valence-electron chi connectivity index (χ4n) is 0.537. The van der Waals surface area contributed by atoms with Crippen molar-refractivity contribution in [2.75, 3.05) is 0 Å². The Balaban J connectivity index is 2.49. The molecule has 0 aliphatic rings. The van der Waals surface area contributed by atoms with E-state index in [1.54, 1.807) is 5.51 Å². The van der Waals surface area contributed by atoms with Gasteiger partial charge in [0.1, 0.15) is 5.51 Å². The van der Waals surface area contributed by atoms with Crippen LogP contribution in [0.3, 0.4) is 0 Å². The normalized spacial score (nSPS) is 12.4. The van der Waals surface area contributed by atoms with Gasteiger partial charge in [0.15, 0.2) is 4.34 Å². The van der Waals surface area contributed by atoms with Gasteiger partial charge in [0.25, 0.3) is 0 Å². The second kappa shape index (κ2) is 4.31. The van der Waals surface area contributed by atoms with Crippen molar-refractivity contribution in [3.8, 4) is 6.07 Å². The van der Waals surface area contributed by atoms with Gasteiger partial charge in [-0.3, -0.25) is 0 Å². The van der Waals surface area contributed by atoms with Crippen LogP contribution in [0.1, 0.15) is 13.3 Å². The molecule has 5 heteroatoms. The van der Waals surface area contributed by atoms with Crippen molar-refractivity contribution in [1.29, 1.82) is 5.26 Å². The molecule has 1 heterocycles. The van der Waals surface area contributed by atoms with Gasteiger partial charge in [-0.05, 0) is 6.42 Å². The Morgan fingerprint density at radius 3 is 3.18 bits per heavy atom. The van der Waals surface area contributed by atoms with E-state index in [-0.39, 0.29) is 5.25 Å². The van der Waals surface area contributed by atoms with E-state index in [0.29, 0.717) is 0 Å². The summed E-state index contributed by atoms with van der Waals surface area (Å²) in [5.74, 6) is 0. The largest absolute Gasteiger partial charge is 0.197 e. The standard InChI is InChI=1S/C6H7N3S2/c1-2-5(3-7)11-6-9-8-4-10-6/h4-5H,2H2,1H3. The van der Waals surface area contributed by atoms with E-state index in [1.807, 2.05) is 6.92 Å². The molecule has 0 amide bonds. The molecule has 1 unspecified atom stereocenters. The zero-order chi connectivity index (χ0) is 8.10. The summed E-state index contributed by atoms with van der Waals surface area (Å²) in [6.07, 6.45) is 0.848. The van der Waals surface area contributed by atoms with Crippen molar-refractivity contribution < 1.29 is 0 Å². The van der Waals surface area contributed by atoms with Gasteiger partial charge in [-0.2, -0.15) is 5.26 Å². The van der Waals surface area contributed by atoms with Crippen LogP contribution in [0.25, 0.3) is 0 Å². The summed E-state index contributed by atoms with van der Waals surface area (Å²) in [4.78, 5) is 0. The van der Waals surface area contributed by atoms with Gasteiger partial charge in [-0.15, -0.1) is 10.2 Å². The van der Waals surface area contributed by atoms with Gasteiger partial charge in [0.2, 0.25) is 0 Å². The Hall–Kier alpha value is -0.600. The summed E-state index contributed by atoms with van der Waals surface area (Å²) in [6.45, 7) is 1.99. The number of hydrogen-bond donors (Lipinski definition) is 0. The van der Waals surface area contributed by atoms with Crippen LogP contribution in [0, 0.1) is 11.3 Å². The minimum atomic E-state index is 0.0166. The molecule has 1 rings (SSSR count). The number of aromatic nitrogens is 2. The van der Waals surface area contributed by atoms with Crippen molar-refractivity contribution in [2.45, 2.75) is 22.9 Å². The molecule has 11 heavy (non-hydrogen) atoms. The lowest BCUT2D eigenvalue weighted by molar-refractivity contribution is 0.967. The molecular weight excluding hydrogens is 178 g/mol. The maximum atomic E-state index is 8.61. The third kappa shape index (κ3) is 2.48. The molecule has 1 atom stereocenters. The molecule has 0 aromatic carbocycles. The lowest BCUT2D eigenvalue weighted by atomic mass is 10.4. The summed E-state index contributed by atoms with van der Waals surface area (Å²) in [5, 5.41) is 16.1. The molecule has 0 bridgehead atoms. The predicted octanol–water partition coefficient (Wildman–Crippen LogP) is 1.93. The molecule has 0 spiro atoms. The molecule has 3 nitrogen and oxygen atoms in total. The third-order valence-corrected chi connectivity index (χ3v) is 3.16. The van der Waals surface area contributed by atoms with Crippen LogP contribution in [0.5, 0.6) is 0 Å². The van der Waals surface area contributed by atoms with E-state index < -0.39 is 0 Å². The molecular formula is C6H7N3S2. The van der Waals surface area contributed by atoms with Crippen molar-refractivity contribution in [2.24, 2.45) is 0 Å². The quantitative estimate of drug-likeness (QED) is 0.675. The van der Waals surface area contributed by atoms with Crippen LogP contribution in [0.15, 0.2) is 9.85 Å². The van der Waals surface area contributed by atoms with Gasteiger partial charge in [-0.1, -0.05) is 30.0 Å². The van der Waals surface area contributed by atoms with Crippen LogP contribution in [0.2, 0.25) is 0 Å². The maximum Gasteiger partial charge on any atom is 0.175 e. The van der Waals surface area contributed by atoms with Crippen LogP contribution in [0.4, 0.5) is 0 Å². The number of nitrogens with zero attached hydrogens (tertiary/aromatic N) is 3. The van der Waals surface area contributed by atoms with E-state index >= 15 is 0 Å².